The fourth-order valence-electron chi connectivity index (χ4n) is 1.54. The van der Waals surface area contributed by atoms with Gasteiger partial charge in [0.25, 0.3) is 0 Å². The molecular formula is C10H11Cl2F2N. The lowest BCUT2D eigenvalue weighted by Gasteiger charge is -2.13. The molecule has 1 aliphatic carbocycles. The molecule has 0 aromatic heterocycles. The lowest BCUT2D eigenvalue weighted by molar-refractivity contribution is 0.540. The van der Waals surface area contributed by atoms with E-state index >= 15 is 0 Å². The second-order valence-electron chi connectivity index (χ2n) is 3.62. The second kappa shape index (κ2) is 4.64. The Balaban J connectivity index is 0.00000112. The Hall–Kier alpha value is -0.380. The fraction of sp³-hybridized carbons (Fsp3) is 0.400. The average Bonchev–Trinajstić information content (AvgIpc) is 2.95. The van der Waals surface area contributed by atoms with Crippen molar-refractivity contribution in [2.24, 2.45) is 11.7 Å². The highest BCUT2D eigenvalue weighted by Gasteiger charge is 2.33. The minimum Gasteiger partial charge on any atom is -0.324 e. The van der Waals surface area contributed by atoms with Gasteiger partial charge >= 0.3 is 0 Å². The average molecular weight is 254 g/mol. The molecule has 0 radical (unpaired) electrons. The van der Waals surface area contributed by atoms with Gasteiger partial charge in [-0.25, -0.2) is 8.78 Å². The quantitative estimate of drug-likeness (QED) is 0.803. The van der Waals surface area contributed by atoms with Crippen LogP contribution >= 0.6 is 24.0 Å². The molecule has 2 N–H and O–H groups in total. The van der Waals surface area contributed by atoms with Crippen LogP contribution in [0.1, 0.15) is 24.4 Å². The van der Waals surface area contributed by atoms with Crippen LogP contribution in [-0.2, 0) is 0 Å². The summed E-state index contributed by atoms with van der Waals surface area (Å²) in [6.07, 6.45) is 1.93. The molecule has 1 fully saturated rings. The molecule has 84 valence electrons. The first kappa shape index (κ1) is 12.7. The van der Waals surface area contributed by atoms with Crippen molar-refractivity contribution >= 4 is 24.0 Å². The topological polar surface area (TPSA) is 26.0 Å². The van der Waals surface area contributed by atoms with Crippen molar-refractivity contribution in [2.75, 3.05) is 0 Å². The van der Waals surface area contributed by atoms with Crippen molar-refractivity contribution < 1.29 is 8.78 Å². The Morgan fingerprint density at radius 3 is 2.33 bits per heavy atom. The van der Waals surface area contributed by atoms with Gasteiger partial charge in [0.15, 0.2) is 0 Å². The molecule has 1 aromatic rings. The van der Waals surface area contributed by atoms with Gasteiger partial charge in [0, 0.05) is 11.6 Å². The predicted molar refractivity (Wildman–Crippen MR) is 58.3 cm³/mol. The van der Waals surface area contributed by atoms with E-state index in [1.54, 1.807) is 0 Å². The maximum atomic E-state index is 13.3. The SMILES string of the molecule is Cl.N[C@H](c1c(F)ccc(F)c1Cl)C1CC1. The van der Waals surface area contributed by atoms with Crippen LogP contribution in [0.5, 0.6) is 0 Å². The Morgan fingerprint density at radius 1 is 1.27 bits per heavy atom. The van der Waals surface area contributed by atoms with Crippen LogP contribution in [0, 0.1) is 17.6 Å². The number of rotatable bonds is 2. The van der Waals surface area contributed by atoms with Crippen molar-refractivity contribution in [1.82, 2.24) is 0 Å². The first-order valence-corrected chi connectivity index (χ1v) is 4.88. The zero-order chi connectivity index (χ0) is 10.3. The van der Waals surface area contributed by atoms with Crippen LogP contribution in [0.3, 0.4) is 0 Å². The highest BCUT2D eigenvalue weighted by atomic mass is 35.5. The minimum absolute atomic E-state index is 0. The van der Waals surface area contributed by atoms with Gasteiger partial charge in [-0.1, -0.05) is 11.6 Å². The van der Waals surface area contributed by atoms with E-state index in [4.69, 9.17) is 17.3 Å². The number of nitrogens with two attached hydrogens (primary N) is 1. The molecular weight excluding hydrogens is 243 g/mol. The van der Waals surface area contributed by atoms with E-state index in [0.717, 1.165) is 25.0 Å². The molecule has 1 atom stereocenters. The van der Waals surface area contributed by atoms with Crippen LogP contribution < -0.4 is 5.73 Å². The van der Waals surface area contributed by atoms with Gasteiger partial charge in [-0.05, 0) is 30.9 Å². The van der Waals surface area contributed by atoms with E-state index in [1.165, 1.54) is 0 Å². The molecule has 2 rings (SSSR count). The summed E-state index contributed by atoms with van der Waals surface area (Å²) in [4.78, 5) is 0. The van der Waals surface area contributed by atoms with Gasteiger partial charge in [-0.2, -0.15) is 0 Å². The molecule has 0 amide bonds. The molecule has 1 nitrogen and oxygen atoms in total. The highest BCUT2D eigenvalue weighted by Crippen LogP contribution is 2.42. The van der Waals surface area contributed by atoms with E-state index in [9.17, 15) is 8.78 Å². The van der Waals surface area contributed by atoms with E-state index in [0.29, 0.717) is 0 Å². The minimum atomic E-state index is -0.612. The van der Waals surface area contributed by atoms with Crippen molar-refractivity contribution in [3.05, 3.63) is 34.4 Å². The first-order valence-electron chi connectivity index (χ1n) is 4.50. The molecule has 0 heterocycles. The lowest BCUT2D eigenvalue weighted by Crippen LogP contribution is -2.15. The third-order valence-corrected chi connectivity index (χ3v) is 2.93. The Labute approximate surface area is 98.0 Å². The standard InChI is InChI=1S/C10H10ClF2N.ClH/c11-9-7(13)4-3-6(12)8(9)10(14)5-1-2-5;/h3-5,10H,1-2,14H2;1H/t10-;/m0./s1. The van der Waals surface area contributed by atoms with Gasteiger partial charge in [0.05, 0.1) is 5.02 Å². The number of hydrogen-bond acceptors (Lipinski definition) is 1. The van der Waals surface area contributed by atoms with Crippen molar-refractivity contribution in [2.45, 2.75) is 18.9 Å². The van der Waals surface area contributed by atoms with Gasteiger partial charge in [-0.3, -0.25) is 0 Å². The Kier molecular flexibility index (Phi) is 3.93. The van der Waals surface area contributed by atoms with Gasteiger partial charge in [-0.15, -0.1) is 12.4 Å². The largest absolute Gasteiger partial charge is 0.324 e. The summed E-state index contributed by atoms with van der Waals surface area (Å²) in [6.45, 7) is 0. The molecule has 0 saturated heterocycles. The van der Waals surface area contributed by atoms with Gasteiger partial charge in [0.2, 0.25) is 0 Å². The molecule has 1 aromatic carbocycles. The first-order chi connectivity index (χ1) is 6.61. The van der Waals surface area contributed by atoms with Crippen LogP contribution in [-0.4, -0.2) is 0 Å². The van der Waals surface area contributed by atoms with E-state index in [-0.39, 0.29) is 28.9 Å². The highest BCUT2D eigenvalue weighted by molar-refractivity contribution is 6.31. The molecule has 5 heteroatoms. The zero-order valence-electron chi connectivity index (χ0n) is 7.84. The Morgan fingerprint density at radius 2 is 1.80 bits per heavy atom. The molecule has 0 unspecified atom stereocenters. The third kappa shape index (κ3) is 2.41. The van der Waals surface area contributed by atoms with Crippen molar-refractivity contribution in [3.8, 4) is 0 Å². The summed E-state index contributed by atoms with van der Waals surface area (Å²) < 4.78 is 26.4. The monoisotopic (exact) mass is 253 g/mol. The number of hydrogen-bond donors (Lipinski definition) is 1. The summed E-state index contributed by atoms with van der Waals surface area (Å²) >= 11 is 5.67. The summed E-state index contributed by atoms with van der Waals surface area (Å²) in [5.74, 6) is -0.876. The molecule has 0 aliphatic heterocycles. The maximum Gasteiger partial charge on any atom is 0.142 e. The van der Waals surface area contributed by atoms with Crippen LogP contribution in [0.25, 0.3) is 0 Å². The number of benzene rings is 1. The summed E-state index contributed by atoms with van der Waals surface area (Å²) in [5, 5.41) is -0.176. The van der Waals surface area contributed by atoms with Crippen LogP contribution in [0.2, 0.25) is 5.02 Å². The van der Waals surface area contributed by atoms with E-state index < -0.39 is 17.7 Å². The predicted octanol–water partition coefficient (Wildman–Crippen LogP) is 3.45. The lowest BCUT2D eigenvalue weighted by atomic mass is 10.0. The van der Waals surface area contributed by atoms with E-state index in [2.05, 4.69) is 0 Å². The molecule has 0 bridgehead atoms. The molecule has 1 aliphatic rings. The van der Waals surface area contributed by atoms with Crippen molar-refractivity contribution in [1.29, 1.82) is 0 Å². The summed E-state index contributed by atoms with van der Waals surface area (Å²) in [5.41, 5.74) is 5.90. The number of halogens is 4. The molecule has 15 heavy (non-hydrogen) atoms. The molecule has 1 saturated carbocycles. The maximum absolute atomic E-state index is 13.3. The smallest absolute Gasteiger partial charge is 0.142 e. The second-order valence-corrected chi connectivity index (χ2v) is 4.00. The van der Waals surface area contributed by atoms with Gasteiger partial charge in [0.1, 0.15) is 11.6 Å². The Bertz CT molecular complexity index is 367. The summed E-state index contributed by atoms with van der Waals surface area (Å²) in [6, 6.07) is 1.61. The van der Waals surface area contributed by atoms with Crippen molar-refractivity contribution in [3.63, 3.8) is 0 Å². The normalized spacial score (nSPS) is 17.1. The summed E-state index contributed by atoms with van der Waals surface area (Å²) in [7, 11) is 0. The zero-order valence-corrected chi connectivity index (χ0v) is 9.42. The van der Waals surface area contributed by atoms with E-state index in [1.807, 2.05) is 0 Å². The fourth-order valence-corrected chi connectivity index (χ4v) is 1.82. The molecule has 0 spiro atoms. The third-order valence-electron chi connectivity index (χ3n) is 2.54. The van der Waals surface area contributed by atoms with Crippen LogP contribution in [0.15, 0.2) is 12.1 Å². The van der Waals surface area contributed by atoms with Crippen LogP contribution in [0.4, 0.5) is 8.78 Å². The van der Waals surface area contributed by atoms with Gasteiger partial charge < -0.3 is 5.73 Å².